The Morgan fingerprint density at radius 3 is 2.63 bits per heavy atom. The molecule has 1 heterocycles. The van der Waals surface area contributed by atoms with Crippen LogP contribution in [0, 0.1) is 0 Å². The summed E-state index contributed by atoms with van der Waals surface area (Å²) in [5.74, 6) is 2.34. The van der Waals surface area contributed by atoms with Crippen molar-refractivity contribution in [2.75, 3.05) is 19.4 Å². The predicted octanol–water partition coefficient (Wildman–Crippen LogP) is 5.60. The van der Waals surface area contributed by atoms with Crippen LogP contribution in [0.15, 0.2) is 78.0 Å². The summed E-state index contributed by atoms with van der Waals surface area (Å²) in [6.07, 6.45) is 0.990. The van der Waals surface area contributed by atoms with Crippen molar-refractivity contribution >= 4 is 35.8 Å². The molecule has 0 unspecified atom stereocenters. The zero-order valence-electron chi connectivity index (χ0n) is 19.3. The maximum atomic E-state index is 6.05. The van der Waals surface area contributed by atoms with Crippen molar-refractivity contribution < 1.29 is 9.47 Å². The maximum Gasteiger partial charge on any atom is 0.214 e. The quantitative estimate of drug-likeness (QED) is 0.188. The van der Waals surface area contributed by atoms with E-state index in [9.17, 15) is 0 Å². The van der Waals surface area contributed by atoms with E-state index in [0.29, 0.717) is 23.1 Å². The Morgan fingerprint density at radius 1 is 0.971 bits per heavy atom. The van der Waals surface area contributed by atoms with Gasteiger partial charge in [0.05, 0.1) is 12.8 Å². The minimum Gasteiger partial charge on any atom is -0.493 e. The van der Waals surface area contributed by atoms with Crippen LogP contribution in [-0.4, -0.2) is 39.6 Å². The van der Waals surface area contributed by atoms with Crippen LogP contribution in [0.2, 0.25) is 5.02 Å². The molecule has 4 aromatic rings. The van der Waals surface area contributed by atoms with Crippen molar-refractivity contribution in [1.82, 2.24) is 25.5 Å². The molecule has 0 amide bonds. The average molecular weight is 532 g/mol. The number of ether oxygens (including phenoxy) is 2. The lowest BCUT2D eigenvalue weighted by atomic mass is 10.2. The molecule has 4 rings (SSSR count). The fraction of sp³-hybridized carbons (Fsp3) is 0.240. The lowest BCUT2D eigenvalue weighted by Crippen LogP contribution is -2.15. The van der Waals surface area contributed by atoms with Gasteiger partial charge in [-0.25, -0.2) is 0 Å². The Balaban J connectivity index is 0.00000342. The molecule has 1 aromatic heterocycles. The molecule has 35 heavy (non-hydrogen) atoms. The number of tetrazole rings is 1. The number of hydrogen-bond acceptors (Lipinski definition) is 7. The summed E-state index contributed by atoms with van der Waals surface area (Å²) in [6, 6.07) is 23.5. The Morgan fingerprint density at radius 2 is 1.83 bits per heavy atom. The third kappa shape index (κ3) is 7.86. The number of hydrogen-bond donors (Lipinski definition) is 1. The Hall–Kier alpha value is -2.78. The van der Waals surface area contributed by atoms with Crippen LogP contribution < -0.4 is 14.8 Å². The fourth-order valence-corrected chi connectivity index (χ4v) is 4.37. The minimum atomic E-state index is 0. The van der Waals surface area contributed by atoms with Crippen molar-refractivity contribution in [1.29, 1.82) is 0 Å². The first kappa shape index (κ1) is 26.8. The molecule has 7 nitrogen and oxygen atoms in total. The van der Waals surface area contributed by atoms with Crippen LogP contribution >= 0.6 is 35.8 Å². The Bertz CT molecular complexity index is 1190. The van der Waals surface area contributed by atoms with Crippen LogP contribution in [0.3, 0.4) is 0 Å². The molecular weight excluding hydrogens is 505 g/mol. The van der Waals surface area contributed by atoms with Crippen LogP contribution in [0.25, 0.3) is 5.69 Å². The second-order valence-electron chi connectivity index (χ2n) is 7.49. The number of para-hydroxylation sites is 1. The van der Waals surface area contributed by atoms with E-state index in [0.717, 1.165) is 47.2 Å². The summed E-state index contributed by atoms with van der Waals surface area (Å²) in [5.41, 5.74) is 3.10. The smallest absolute Gasteiger partial charge is 0.214 e. The van der Waals surface area contributed by atoms with Gasteiger partial charge in [-0.3, -0.25) is 0 Å². The summed E-state index contributed by atoms with van der Waals surface area (Å²) in [4.78, 5) is 0. The van der Waals surface area contributed by atoms with E-state index in [1.807, 2.05) is 72.8 Å². The SMILES string of the molecule is COc1cc(CNCCCSc2nnnn2-c2ccccc2)ccc1OCc1cccc(Cl)c1.Cl. The van der Waals surface area contributed by atoms with Crippen LogP contribution in [-0.2, 0) is 13.2 Å². The molecule has 0 bridgehead atoms. The predicted molar refractivity (Wildman–Crippen MR) is 142 cm³/mol. The van der Waals surface area contributed by atoms with Gasteiger partial charge in [0.2, 0.25) is 5.16 Å². The Labute approximate surface area is 220 Å². The van der Waals surface area contributed by atoms with E-state index >= 15 is 0 Å². The second-order valence-corrected chi connectivity index (χ2v) is 8.99. The molecule has 0 spiro atoms. The summed E-state index contributed by atoms with van der Waals surface area (Å²) >= 11 is 7.70. The topological polar surface area (TPSA) is 74.1 Å². The van der Waals surface area contributed by atoms with Gasteiger partial charge in [-0.1, -0.05) is 59.8 Å². The molecule has 0 aliphatic heterocycles. The Kier molecular flexibility index (Phi) is 10.7. The highest BCUT2D eigenvalue weighted by Gasteiger charge is 2.09. The molecule has 0 aliphatic rings. The third-order valence-corrected chi connectivity index (χ3v) is 6.25. The van der Waals surface area contributed by atoms with Gasteiger partial charge in [0.15, 0.2) is 11.5 Å². The van der Waals surface area contributed by atoms with Crippen molar-refractivity contribution in [3.05, 3.63) is 88.9 Å². The van der Waals surface area contributed by atoms with Crippen LogP contribution in [0.4, 0.5) is 0 Å². The van der Waals surface area contributed by atoms with Gasteiger partial charge in [-0.15, -0.1) is 17.5 Å². The van der Waals surface area contributed by atoms with Crippen LogP contribution in [0.1, 0.15) is 17.5 Å². The van der Waals surface area contributed by atoms with Gasteiger partial charge in [0, 0.05) is 17.3 Å². The van der Waals surface area contributed by atoms with Crippen molar-refractivity contribution in [2.45, 2.75) is 24.7 Å². The molecule has 0 radical (unpaired) electrons. The number of nitrogens with zero attached hydrogens (tertiary/aromatic N) is 4. The molecule has 0 fully saturated rings. The molecule has 0 aliphatic carbocycles. The molecule has 1 N–H and O–H groups in total. The van der Waals surface area contributed by atoms with E-state index in [1.165, 1.54) is 0 Å². The monoisotopic (exact) mass is 531 g/mol. The van der Waals surface area contributed by atoms with Gasteiger partial charge in [-0.05, 0) is 70.9 Å². The molecule has 10 heteroatoms. The van der Waals surface area contributed by atoms with E-state index in [1.54, 1.807) is 23.6 Å². The number of rotatable bonds is 12. The maximum absolute atomic E-state index is 6.05. The molecule has 0 saturated heterocycles. The zero-order valence-corrected chi connectivity index (χ0v) is 21.7. The molecule has 3 aromatic carbocycles. The number of benzene rings is 3. The first-order chi connectivity index (χ1) is 16.7. The number of nitrogens with one attached hydrogen (secondary N) is 1. The third-order valence-electron chi connectivity index (χ3n) is 5.01. The highest BCUT2D eigenvalue weighted by atomic mass is 35.5. The van der Waals surface area contributed by atoms with Crippen molar-refractivity contribution in [2.24, 2.45) is 0 Å². The summed E-state index contributed by atoms with van der Waals surface area (Å²) < 4.78 is 13.2. The first-order valence-electron chi connectivity index (χ1n) is 10.9. The number of halogens is 2. The summed E-state index contributed by atoms with van der Waals surface area (Å²) in [6.45, 7) is 2.06. The normalized spacial score (nSPS) is 10.6. The lowest BCUT2D eigenvalue weighted by Gasteiger charge is -2.13. The van der Waals surface area contributed by atoms with E-state index in [4.69, 9.17) is 21.1 Å². The molecule has 184 valence electrons. The van der Waals surface area contributed by atoms with Crippen molar-refractivity contribution in [3.8, 4) is 17.2 Å². The fourth-order valence-electron chi connectivity index (χ4n) is 3.32. The van der Waals surface area contributed by atoms with Gasteiger partial charge < -0.3 is 14.8 Å². The van der Waals surface area contributed by atoms with Crippen molar-refractivity contribution in [3.63, 3.8) is 0 Å². The van der Waals surface area contributed by atoms with Gasteiger partial charge in [-0.2, -0.15) is 4.68 Å². The summed E-state index contributed by atoms with van der Waals surface area (Å²) in [7, 11) is 1.65. The zero-order chi connectivity index (χ0) is 23.6. The molecule has 0 atom stereocenters. The standard InChI is InChI=1S/C25H26ClN5O2S.ClH/c1-32-24-16-19(11-12-23(24)33-18-20-7-5-8-21(26)15-20)17-27-13-6-14-34-25-28-29-30-31(25)22-9-3-2-4-10-22;/h2-5,7-12,15-16,27H,6,13-14,17-18H2,1H3;1H. The average Bonchev–Trinajstić information content (AvgIpc) is 3.34. The highest BCUT2D eigenvalue weighted by Crippen LogP contribution is 2.29. The minimum absolute atomic E-state index is 0. The largest absolute Gasteiger partial charge is 0.493 e. The van der Waals surface area contributed by atoms with Gasteiger partial charge >= 0.3 is 0 Å². The molecular formula is C25H27Cl2N5O2S. The van der Waals surface area contributed by atoms with Gasteiger partial charge in [0.1, 0.15) is 6.61 Å². The van der Waals surface area contributed by atoms with E-state index < -0.39 is 0 Å². The van der Waals surface area contributed by atoms with E-state index in [-0.39, 0.29) is 12.4 Å². The summed E-state index contributed by atoms with van der Waals surface area (Å²) in [5, 5.41) is 17.0. The number of thioether (sulfide) groups is 1. The highest BCUT2D eigenvalue weighted by molar-refractivity contribution is 7.99. The van der Waals surface area contributed by atoms with Gasteiger partial charge in [0.25, 0.3) is 0 Å². The number of aromatic nitrogens is 4. The second kappa shape index (κ2) is 13.9. The van der Waals surface area contributed by atoms with Crippen LogP contribution in [0.5, 0.6) is 11.5 Å². The molecule has 0 saturated carbocycles. The number of methoxy groups -OCH3 is 1. The first-order valence-corrected chi connectivity index (χ1v) is 12.3. The van der Waals surface area contributed by atoms with E-state index in [2.05, 4.69) is 20.8 Å². The lowest BCUT2D eigenvalue weighted by molar-refractivity contribution is 0.284.